The Balaban J connectivity index is 2.09. The number of thiophene rings is 1. The van der Waals surface area contributed by atoms with Crippen LogP contribution in [0.4, 0.5) is 24.5 Å². The molecule has 102 valence electrons. The van der Waals surface area contributed by atoms with Crippen LogP contribution in [0.25, 0.3) is 0 Å². The van der Waals surface area contributed by atoms with Crippen LogP contribution in [0.5, 0.6) is 0 Å². The average molecular weight is 351 g/mol. The lowest BCUT2D eigenvalue weighted by atomic mass is 10.1. The van der Waals surface area contributed by atoms with Crippen molar-refractivity contribution >= 4 is 38.6 Å². The Morgan fingerprint density at radius 2 is 1.95 bits per heavy atom. The smallest absolute Gasteiger partial charge is 0.397 e. The molecule has 0 saturated carbocycles. The molecule has 0 unspecified atom stereocenters. The molecule has 1 aromatic carbocycles. The highest BCUT2D eigenvalue weighted by atomic mass is 79.9. The van der Waals surface area contributed by atoms with Gasteiger partial charge in [0.15, 0.2) is 0 Å². The highest BCUT2D eigenvalue weighted by Crippen LogP contribution is 2.33. The molecule has 0 aliphatic rings. The van der Waals surface area contributed by atoms with E-state index in [9.17, 15) is 13.2 Å². The molecule has 0 spiro atoms. The van der Waals surface area contributed by atoms with Crippen LogP contribution in [-0.2, 0) is 12.7 Å². The van der Waals surface area contributed by atoms with Crippen molar-refractivity contribution in [3.63, 3.8) is 0 Å². The van der Waals surface area contributed by atoms with E-state index in [2.05, 4.69) is 21.2 Å². The maximum absolute atomic E-state index is 12.5. The van der Waals surface area contributed by atoms with Crippen molar-refractivity contribution in [2.24, 2.45) is 0 Å². The van der Waals surface area contributed by atoms with Gasteiger partial charge in [0.05, 0.1) is 20.7 Å². The summed E-state index contributed by atoms with van der Waals surface area (Å²) < 4.78 is 38.4. The molecule has 0 amide bonds. The van der Waals surface area contributed by atoms with Crippen LogP contribution in [0, 0.1) is 0 Å². The molecule has 0 aliphatic carbocycles. The Morgan fingerprint density at radius 1 is 1.21 bits per heavy atom. The summed E-state index contributed by atoms with van der Waals surface area (Å²) in [5, 5.41) is 3.02. The fourth-order valence-electron chi connectivity index (χ4n) is 1.53. The van der Waals surface area contributed by atoms with Crippen molar-refractivity contribution in [2.75, 3.05) is 11.1 Å². The minimum absolute atomic E-state index is 0.0884. The van der Waals surface area contributed by atoms with Gasteiger partial charge in [0, 0.05) is 11.4 Å². The first-order valence-corrected chi connectivity index (χ1v) is 6.92. The van der Waals surface area contributed by atoms with Gasteiger partial charge in [-0.25, -0.2) is 0 Å². The number of anilines is 2. The second-order valence-electron chi connectivity index (χ2n) is 3.86. The molecule has 0 fully saturated rings. The molecule has 19 heavy (non-hydrogen) atoms. The van der Waals surface area contributed by atoms with Crippen LogP contribution >= 0.6 is 27.3 Å². The number of nitrogens with two attached hydrogens (primary N) is 1. The summed E-state index contributed by atoms with van der Waals surface area (Å²) in [4.78, 5) is 1.06. The summed E-state index contributed by atoms with van der Waals surface area (Å²) in [5.41, 5.74) is 5.46. The first kappa shape index (κ1) is 14.2. The molecule has 0 radical (unpaired) electrons. The molecule has 1 heterocycles. The van der Waals surface area contributed by atoms with Crippen LogP contribution in [0.2, 0.25) is 0 Å². The normalized spacial score (nSPS) is 11.6. The summed E-state index contributed by atoms with van der Waals surface area (Å²) >= 11 is 4.90. The van der Waals surface area contributed by atoms with E-state index in [1.54, 1.807) is 11.3 Å². The van der Waals surface area contributed by atoms with Crippen molar-refractivity contribution in [3.05, 3.63) is 44.6 Å². The lowest BCUT2D eigenvalue weighted by Gasteiger charge is -2.12. The van der Waals surface area contributed by atoms with Gasteiger partial charge >= 0.3 is 6.18 Å². The first-order chi connectivity index (χ1) is 8.86. The number of alkyl halides is 3. The molecule has 2 aromatic rings. The monoisotopic (exact) mass is 350 g/mol. The summed E-state index contributed by atoms with van der Waals surface area (Å²) in [7, 11) is 0. The van der Waals surface area contributed by atoms with Crippen LogP contribution in [0.15, 0.2) is 34.1 Å². The lowest BCUT2D eigenvalue weighted by molar-refractivity contribution is -0.137. The maximum atomic E-state index is 12.5. The van der Waals surface area contributed by atoms with Gasteiger partial charge in [0.2, 0.25) is 0 Å². The fourth-order valence-corrected chi connectivity index (χ4v) is 2.95. The average Bonchev–Trinajstić information content (AvgIpc) is 2.72. The number of nitrogens with one attached hydrogen (secondary N) is 1. The van der Waals surface area contributed by atoms with Crippen molar-refractivity contribution in [2.45, 2.75) is 12.7 Å². The quantitative estimate of drug-likeness (QED) is 0.785. The predicted octanol–water partition coefficient (Wildman–Crippen LogP) is 4.72. The van der Waals surface area contributed by atoms with Gasteiger partial charge in [-0.3, -0.25) is 0 Å². The Bertz CT molecular complexity index is 581. The highest BCUT2D eigenvalue weighted by molar-refractivity contribution is 9.11. The van der Waals surface area contributed by atoms with Crippen LogP contribution < -0.4 is 11.1 Å². The minimum atomic E-state index is -4.37. The van der Waals surface area contributed by atoms with Crippen LogP contribution in [-0.4, -0.2) is 0 Å². The van der Waals surface area contributed by atoms with Gasteiger partial charge in [-0.1, -0.05) is 0 Å². The molecule has 7 heteroatoms. The highest BCUT2D eigenvalue weighted by Gasteiger charge is 2.30. The van der Waals surface area contributed by atoms with Gasteiger partial charge in [-0.15, -0.1) is 11.3 Å². The van der Waals surface area contributed by atoms with E-state index in [4.69, 9.17) is 5.73 Å². The standard InChI is InChI=1S/C12H10BrF3N2S/c13-11-4-2-8(19-11)6-18-10-3-1-7(5-9(10)17)12(14,15)16/h1-5,18H,6,17H2. The van der Waals surface area contributed by atoms with Crippen LogP contribution in [0.3, 0.4) is 0 Å². The number of benzene rings is 1. The molecule has 0 aliphatic heterocycles. The zero-order valence-electron chi connectivity index (χ0n) is 9.59. The van der Waals surface area contributed by atoms with E-state index in [1.165, 1.54) is 6.07 Å². The van der Waals surface area contributed by atoms with E-state index in [0.29, 0.717) is 12.2 Å². The number of hydrogen-bond acceptors (Lipinski definition) is 3. The van der Waals surface area contributed by atoms with Crippen molar-refractivity contribution in [1.82, 2.24) is 0 Å². The number of halogens is 4. The van der Waals surface area contributed by atoms with Gasteiger partial charge in [-0.05, 0) is 46.3 Å². The van der Waals surface area contributed by atoms with E-state index in [0.717, 1.165) is 20.8 Å². The third-order valence-corrected chi connectivity index (χ3v) is 4.08. The molecule has 0 saturated heterocycles. The molecule has 3 N–H and O–H groups in total. The summed E-state index contributed by atoms with van der Waals surface area (Å²) in [6.07, 6.45) is -4.37. The topological polar surface area (TPSA) is 38.0 Å². The zero-order chi connectivity index (χ0) is 14.0. The number of rotatable bonds is 3. The second-order valence-corrected chi connectivity index (χ2v) is 6.41. The van der Waals surface area contributed by atoms with Crippen molar-refractivity contribution in [1.29, 1.82) is 0 Å². The van der Waals surface area contributed by atoms with Gasteiger partial charge in [-0.2, -0.15) is 13.2 Å². The second kappa shape index (κ2) is 5.42. The first-order valence-electron chi connectivity index (χ1n) is 5.31. The van der Waals surface area contributed by atoms with Gasteiger partial charge < -0.3 is 11.1 Å². The SMILES string of the molecule is Nc1cc(C(F)(F)F)ccc1NCc1ccc(Br)s1. The molecular weight excluding hydrogens is 341 g/mol. The number of nitrogen functional groups attached to an aromatic ring is 1. The predicted molar refractivity (Wildman–Crippen MR) is 75.2 cm³/mol. The van der Waals surface area contributed by atoms with Crippen molar-refractivity contribution in [3.8, 4) is 0 Å². The molecule has 1 aromatic heterocycles. The third kappa shape index (κ3) is 3.63. The minimum Gasteiger partial charge on any atom is -0.397 e. The van der Waals surface area contributed by atoms with Crippen molar-refractivity contribution < 1.29 is 13.2 Å². The van der Waals surface area contributed by atoms with Gasteiger partial charge in [0.1, 0.15) is 0 Å². The van der Waals surface area contributed by atoms with Crippen LogP contribution in [0.1, 0.15) is 10.4 Å². The van der Waals surface area contributed by atoms with E-state index < -0.39 is 11.7 Å². The Hall–Kier alpha value is -1.21. The maximum Gasteiger partial charge on any atom is 0.416 e. The fraction of sp³-hybridized carbons (Fsp3) is 0.167. The van der Waals surface area contributed by atoms with E-state index in [1.807, 2.05) is 12.1 Å². The molecule has 0 bridgehead atoms. The van der Waals surface area contributed by atoms with E-state index in [-0.39, 0.29) is 5.69 Å². The molecule has 2 nitrogen and oxygen atoms in total. The zero-order valence-corrected chi connectivity index (χ0v) is 12.0. The summed E-state index contributed by atoms with van der Waals surface area (Å²) in [6.45, 7) is 0.520. The number of hydrogen-bond donors (Lipinski definition) is 2. The third-order valence-electron chi connectivity index (χ3n) is 2.46. The Labute approximate surface area is 120 Å². The Morgan fingerprint density at radius 3 is 2.47 bits per heavy atom. The molecule has 0 atom stereocenters. The van der Waals surface area contributed by atoms with E-state index >= 15 is 0 Å². The lowest BCUT2D eigenvalue weighted by Crippen LogP contribution is -2.07. The Kier molecular flexibility index (Phi) is 4.05. The summed E-state index contributed by atoms with van der Waals surface area (Å²) in [6, 6.07) is 7.15. The van der Waals surface area contributed by atoms with Gasteiger partial charge in [0.25, 0.3) is 0 Å². The molecular formula is C12H10BrF3N2S. The molecule has 2 rings (SSSR count). The summed E-state index contributed by atoms with van der Waals surface area (Å²) in [5.74, 6) is 0. The largest absolute Gasteiger partial charge is 0.416 e.